The van der Waals surface area contributed by atoms with Crippen LogP contribution in [-0.2, 0) is 11.0 Å². The minimum absolute atomic E-state index is 0.112. The van der Waals surface area contributed by atoms with E-state index in [1.165, 1.54) is 24.3 Å². The summed E-state index contributed by atoms with van der Waals surface area (Å²) in [6.45, 7) is 0. The van der Waals surface area contributed by atoms with Crippen LogP contribution in [0.5, 0.6) is 0 Å². The molecule has 126 valence electrons. The Labute approximate surface area is 135 Å². The monoisotopic (exact) mass is 337 g/mol. The Balaban J connectivity index is 1.61. The first-order chi connectivity index (χ1) is 11.4. The summed E-state index contributed by atoms with van der Waals surface area (Å²) in [7, 11) is 0. The van der Waals surface area contributed by atoms with E-state index in [0.717, 1.165) is 6.07 Å². The van der Waals surface area contributed by atoms with E-state index in [1.54, 1.807) is 12.3 Å². The molecule has 1 aliphatic rings. The molecule has 3 N–H and O–H groups in total. The first kappa shape index (κ1) is 16.1. The van der Waals surface area contributed by atoms with Crippen molar-refractivity contribution in [2.75, 3.05) is 0 Å². The Kier molecular flexibility index (Phi) is 4.04. The summed E-state index contributed by atoms with van der Waals surface area (Å²) < 4.78 is 39.0. The molecular weight excluding hydrogens is 323 g/mol. The lowest BCUT2D eigenvalue weighted by molar-refractivity contribution is -0.138. The number of nitrogens with one attached hydrogen (secondary N) is 3. The average molecular weight is 337 g/mol. The number of H-pyrrole nitrogens is 1. The number of aromatic nitrogens is 1. The van der Waals surface area contributed by atoms with Gasteiger partial charge in [0.2, 0.25) is 5.91 Å². The molecule has 1 aliphatic carbocycles. The highest BCUT2D eigenvalue weighted by Crippen LogP contribution is 2.50. The molecule has 1 saturated carbocycles. The zero-order valence-electron chi connectivity index (χ0n) is 12.4. The zero-order valence-corrected chi connectivity index (χ0v) is 12.4. The van der Waals surface area contributed by atoms with Crippen molar-refractivity contribution in [1.29, 1.82) is 0 Å². The van der Waals surface area contributed by atoms with Crippen LogP contribution >= 0.6 is 0 Å². The van der Waals surface area contributed by atoms with Gasteiger partial charge in [0.25, 0.3) is 5.91 Å². The van der Waals surface area contributed by atoms with Crippen molar-refractivity contribution in [2.45, 2.75) is 18.5 Å². The van der Waals surface area contributed by atoms with Crippen LogP contribution in [0.1, 0.15) is 34.0 Å². The molecule has 0 saturated heterocycles. The van der Waals surface area contributed by atoms with Crippen molar-refractivity contribution in [3.63, 3.8) is 0 Å². The third-order valence-electron chi connectivity index (χ3n) is 3.93. The topological polar surface area (TPSA) is 74.0 Å². The molecule has 1 heterocycles. The maximum absolute atomic E-state index is 13.0. The summed E-state index contributed by atoms with van der Waals surface area (Å²) >= 11 is 0. The molecule has 0 unspecified atom stereocenters. The van der Waals surface area contributed by atoms with E-state index in [-0.39, 0.29) is 11.3 Å². The van der Waals surface area contributed by atoms with Crippen LogP contribution in [-0.4, -0.2) is 16.8 Å². The van der Waals surface area contributed by atoms with E-state index in [1.807, 2.05) is 0 Å². The maximum Gasteiger partial charge on any atom is 0.416 e. The Morgan fingerprint density at radius 3 is 2.50 bits per heavy atom. The van der Waals surface area contributed by atoms with Gasteiger partial charge in [-0.3, -0.25) is 20.4 Å². The predicted molar refractivity (Wildman–Crippen MR) is 78.7 cm³/mol. The van der Waals surface area contributed by atoms with Crippen LogP contribution in [0.25, 0.3) is 0 Å². The summed E-state index contributed by atoms with van der Waals surface area (Å²) in [4.78, 5) is 26.4. The van der Waals surface area contributed by atoms with Gasteiger partial charge in [0, 0.05) is 12.1 Å². The second-order valence-corrected chi connectivity index (χ2v) is 5.56. The van der Waals surface area contributed by atoms with Gasteiger partial charge in [-0.25, -0.2) is 0 Å². The van der Waals surface area contributed by atoms with Gasteiger partial charge in [-0.15, -0.1) is 0 Å². The molecule has 2 aromatic rings. The zero-order chi connectivity index (χ0) is 17.3. The highest BCUT2D eigenvalue weighted by atomic mass is 19.4. The highest BCUT2D eigenvalue weighted by molar-refractivity contribution is 5.94. The number of aromatic amines is 1. The van der Waals surface area contributed by atoms with E-state index >= 15 is 0 Å². The largest absolute Gasteiger partial charge is 0.416 e. The van der Waals surface area contributed by atoms with Gasteiger partial charge < -0.3 is 4.98 Å². The Morgan fingerprint density at radius 2 is 1.83 bits per heavy atom. The summed E-state index contributed by atoms with van der Waals surface area (Å²) in [5.74, 6) is -2.11. The molecule has 1 aromatic heterocycles. The first-order valence-electron chi connectivity index (χ1n) is 7.27. The molecule has 3 rings (SSSR count). The SMILES string of the molecule is O=C(NNC(=O)[C@H]1C[C@H]1c1ccccc1C(F)(F)F)c1ccc[nH]1. The van der Waals surface area contributed by atoms with Gasteiger partial charge in [0.15, 0.2) is 0 Å². The normalized spacial score (nSPS) is 19.6. The molecule has 1 fully saturated rings. The number of amides is 2. The van der Waals surface area contributed by atoms with Gasteiger partial charge in [0.05, 0.1) is 5.56 Å². The van der Waals surface area contributed by atoms with Crippen molar-refractivity contribution in [1.82, 2.24) is 15.8 Å². The molecule has 5 nitrogen and oxygen atoms in total. The van der Waals surface area contributed by atoms with E-state index in [9.17, 15) is 22.8 Å². The number of carbonyl (C=O) groups is 2. The molecule has 8 heteroatoms. The average Bonchev–Trinajstić information content (AvgIpc) is 3.16. The number of hydrazine groups is 1. The number of rotatable bonds is 3. The van der Waals surface area contributed by atoms with Gasteiger partial charge in [-0.05, 0) is 36.1 Å². The second kappa shape index (κ2) is 6.03. The fourth-order valence-electron chi connectivity index (χ4n) is 2.66. The lowest BCUT2D eigenvalue weighted by atomic mass is 10.0. The summed E-state index contributed by atoms with van der Waals surface area (Å²) in [6.07, 6.45) is -2.58. The molecule has 0 spiro atoms. The summed E-state index contributed by atoms with van der Waals surface area (Å²) in [5, 5.41) is 0. The minimum atomic E-state index is -4.46. The Bertz CT molecular complexity index is 756. The fraction of sp³-hybridized carbons (Fsp3) is 0.250. The number of hydrogen-bond donors (Lipinski definition) is 3. The van der Waals surface area contributed by atoms with E-state index in [4.69, 9.17) is 0 Å². The van der Waals surface area contributed by atoms with Crippen LogP contribution in [0, 0.1) is 5.92 Å². The van der Waals surface area contributed by atoms with Gasteiger partial charge in [0.1, 0.15) is 5.69 Å². The van der Waals surface area contributed by atoms with E-state index < -0.39 is 35.4 Å². The Morgan fingerprint density at radius 1 is 1.08 bits per heavy atom. The third kappa shape index (κ3) is 3.27. The molecule has 2 amide bonds. The van der Waals surface area contributed by atoms with E-state index in [2.05, 4.69) is 15.8 Å². The van der Waals surface area contributed by atoms with Gasteiger partial charge in [-0.2, -0.15) is 13.2 Å². The predicted octanol–water partition coefficient (Wildman–Crippen LogP) is 2.60. The smallest absolute Gasteiger partial charge is 0.357 e. The van der Waals surface area contributed by atoms with E-state index in [0.29, 0.717) is 6.42 Å². The van der Waals surface area contributed by atoms with Crippen LogP contribution in [0.15, 0.2) is 42.6 Å². The van der Waals surface area contributed by atoms with Crippen LogP contribution in [0.3, 0.4) is 0 Å². The standard InChI is InChI=1S/C16H14F3N3O2/c17-16(18,19)12-5-2-1-4-9(12)10-8-11(10)14(23)21-22-15(24)13-6-3-7-20-13/h1-7,10-11,20H,8H2,(H,21,23)(H,22,24)/t10-,11-/m0/s1. The molecule has 0 radical (unpaired) electrons. The number of halogens is 3. The number of benzene rings is 1. The number of hydrogen-bond acceptors (Lipinski definition) is 2. The molecule has 24 heavy (non-hydrogen) atoms. The molecule has 2 atom stereocenters. The van der Waals surface area contributed by atoms with Crippen molar-refractivity contribution in [2.24, 2.45) is 5.92 Å². The van der Waals surface area contributed by atoms with Crippen molar-refractivity contribution in [3.8, 4) is 0 Å². The molecule has 1 aromatic carbocycles. The lowest BCUT2D eigenvalue weighted by Gasteiger charge is -2.12. The summed E-state index contributed by atoms with van der Waals surface area (Å²) in [5.41, 5.74) is 4.14. The van der Waals surface area contributed by atoms with Crippen molar-refractivity contribution >= 4 is 11.8 Å². The molecular formula is C16H14F3N3O2. The third-order valence-corrected chi connectivity index (χ3v) is 3.93. The highest BCUT2D eigenvalue weighted by Gasteiger charge is 2.47. The number of carbonyl (C=O) groups excluding carboxylic acids is 2. The first-order valence-corrected chi connectivity index (χ1v) is 7.27. The quantitative estimate of drug-likeness (QED) is 0.753. The van der Waals surface area contributed by atoms with Crippen LogP contribution in [0.4, 0.5) is 13.2 Å². The van der Waals surface area contributed by atoms with Gasteiger partial charge >= 0.3 is 6.18 Å². The summed E-state index contributed by atoms with van der Waals surface area (Å²) in [6, 6.07) is 8.39. The maximum atomic E-state index is 13.0. The lowest BCUT2D eigenvalue weighted by Crippen LogP contribution is -2.42. The van der Waals surface area contributed by atoms with Crippen molar-refractivity contribution in [3.05, 3.63) is 59.4 Å². The van der Waals surface area contributed by atoms with Crippen molar-refractivity contribution < 1.29 is 22.8 Å². The second-order valence-electron chi connectivity index (χ2n) is 5.56. The van der Waals surface area contributed by atoms with Crippen LogP contribution < -0.4 is 10.9 Å². The molecule has 0 aliphatic heterocycles. The van der Waals surface area contributed by atoms with Crippen LogP contribution in [0.2, 0.25) is 0 Å². The molecule has 0 bridgehead atoms. The Hall–Kier alpha value is -2.77. The minimum Gasteiger partial charge on any atom is -0.357 e. The number of alkyl halides is 3. The van der Waals surface area contributed by atoms with Gasteiger partial charge in [-0.1, -0.05) is 18.2 Å². The fourth-order valence-corrected chi connectivity index (χ4v) is 2.66.